The molecular formula is C19H20F3NO4. The van der Waals surface area contributed by atoms with Crippen molar-refractivity contribution in [2.24, 2.45) is 0 Å². The first kappa shape index (κ1) is 20.4. The molecule has 2 aromatic rings. The summed E-state index contributed by atoms with van der Waals surface area (Å²) in [5.74, 6) is 0.304. The Labute approximate surface area is 155 Å². The van der Waals surface area contributed by atoms with Crippen molar-refractivity contribution in [2.45, 2.75) is 19.5 Å². The van der Waals surface area contributed by atoms with E-state index in [2.05, 4.69) is 5.32 Å². The molecule has 146 valence electrons. The molecule has 0 radical (unpaired) electrons. The highest BCUT2D eigenvalue weighted by Gasteiger charge is 2.31. The van der Waals surface area contributed by atoms with Crippen molar-refractivity contribution in [3.05, 3.63) is 47.5 Å². The molecule has 0 aromatic heterocycles. The van der Waals surface area contributed by atoms with Crippen LogP contribution in [0.5, 0.6) is 17.2 Å². The van der Waals surface area contributed by atoms with Crippen molar-refractivity contribution in [3.8, 4) is 17.2 Å². The number of benzene rings is 2. The second-order valence-electron chi connectivity index (χ2n) is 5.61. The molecule has 1 amide bonds. The number of hydrogen-bond acceptors (Lipinski definition) is 4. The Kier molecular flexibility index (Phi) is 6.55. The van der Waals surface area contributed by atoms with Gasteiger partial charge in [-0.05, 0) is 36.8 Å². The van der Waals surface area contributed by atoms with Gasteiger partial charge in [-0.3, -0.25) is 4.79 Å². The molecule has 1 N–H and O–H groups in total. The minimum absolute atomic E-state index is 0.0648. The summed E-state index contributed by atoms with van der Waals surface area (Å²) >= 11 is 0. The van der Waals surface area contributed by atoms with Crippen LogP contribution in [0.25, 0.3) is 0 Å². The Bertz CT molecular complexity index is 784. The van der Waals surface area contributed by atoms with Gasteiger partial charge in [-0.25, -0.2) is 0 Å². The van der Waals surface area contributed by atoms with E-state index in [4.69, 9.17) is 14.2 Å². The van der Waals surface area contributed by atoms with E-state index in [-0.39, 0.29) is 17.0 Å². The summed E-state index contributed by atoms with van der Waals surface area (Å²) in [4.78, 5) is 12.6. The van der Waals surface area contributed by atoms with E-state index >= 15 is 0 Å². The third kappa shape index (κ3) is 5.29. The van der Waals surface area contributed by atoms with Gasteiger partial charge in [-0.1, -0.05) is 6.92 Å². The van der Waals surface area contributed by atoms with Crippen LogP contribution in [0.1, 0.15) is 29.3 Å². The maximum absolute atomic E-state index is 13.0. The van der Waals surface area contributed by atoms with Crippen LogP contribution in [-0.2, 0) is 6.18 Å². The molecule has 0 aliphatic heterocycles. The summed E-state index contributed by atoms with van der Waals surface area (Å²) < 4.78 is 54.7. The van der Waals surface area contributed by atoms with Crippen LogP contribution >= 0.6 is 0 Å². The summed E-state index contributed by atoms with van der Waals surface area (Å²) in [5, 5.41) is 2.48. The molecular weight excluding hydrogens is 363 g/mol. The molecule has 0 bridgehead atoms. The lowest BCUT2D eigenvalue weighted by molar-refractivity contribution is -0.137. The number of halogens is 3. The monoisotopic (exact) mass is 383 g/mol. The summed E-state index contributed by atoms with van der Waals surface area (Å²) in [6.45, 7) is 2.17. The van der Waals surface area contributed by atoms with Gasteiger partial charge in [0.1, 0.15) is 17.2 Å². The van der Waals surface area contributed by atoms with Crippen molar-refractivity contribution in [1.82, 2.24) is 0 Å². The van der Waals surface area contributed by atoms with Gasteiger partial charge in [0.05, 0.1) is 32.1 Å². The standard InChI is InChI=1S/C19H20F3NO4/c1-4-7-27-17-6-5-13(19(20,21)22)10-16(17)23-18(24)12-8-14(25-2)11-15(9-12)26-3/h5-6,8-11H,4,7H2,1-3H3,(H,23,24). The fourth-order valence-corrected chi connectivity index (χ4v) is 2.27. The fraction of sp³-hybridized carbons (Fsp3) is 0.316. The molecule has 0 aliphatic rings. The highest BCUT2D eigenvalue weighted by atomic mass is 19.4. The predicted molar refractivity (Wildman–Crippen MR) is 94.7 cm³/mol. The summed E-state index contributed by atoms with van der Waals surface area (Å²) in [7, 11) is 2.86. The minimum atomic E-state index is -4.54. The number of anilines is 1. The van der Waals surface area contributed by atoms with Gasteiger partial charge in [0, 0.05) is 11.6 Å². The lowest BCUT2D eigenvalue weighted by atomic mass is 10.1. The van der Waals surface area contributed by atoms with Gasteiger partial charge in [-0.15, -0.1) is 0 Å². The van der Waals surface area contributed by atoms with Gasteiger partial charge in [0.25, 0.3) is 5.91 Å². The Morgan fingerprint density at radius 1 is 1.04 bits per heavy atom. The molecule has 2 aromatic carbocycles. The first-order valence-electron chi connectivity index (χ1n) is 8.17. The van der Waals surface area contributed by atoms with Crippen molar-refractivity contribution in [1.29, 1.82) is 0 Å². The maximum atomic E-state index is 13.0. The molecule has 0 spiro atoms. The van der Waals surface area contributed by atoms with E-state index in [0.717, 1.165) is 12.1 Å². The molecule has 2 rings (SSSR count). The van der Waals surface area contributed by atoms with Crippen LogP contribution in [0.2, 0.25) is 0 Å². The van der Waals surface area contributed by atoms with Crippen LogP contribution in [0.15, 0.2) is 36.4 Å². The van der Waals surface area contributed by atoms with Crippen molar-refractivity contribution >= 4 is 11.6 Å². The highest BCUT2D eigenvalue weighted by Crippen LogP contribution is 2.35. The van der Waals surface area contributed by atoms with Crippen LogP contribution in [-0.4, -0.2) is 26.7 Å². The lowest BCUT2D eigenvalue weighted by Gasteiger charge is -2.15. The number of hydrogen-bond donors (Lipinski definition) is 1. The number of ether oxygens (including phenoxy) is 3. The number of carbonyl (C=O) groups is 1. The second kappa shape index (κ2) is 8.66. The summed E-state index contributed by atoms with van der Waals surface area (Å²) in [5.41, 5.74) is -0.778. The van der Waals surface area contributed by atoms with Gasteiger partial charge in [0.15, 0.2) is 0 Å². The molecule has 0 saturated carbocycles. The van der Waals surface area contributed by atoms with Crippen LogP contribution in [0.4, 0.5) is 18.9 Å². The van der Waals surface area contributed by atoms with Gasteiger partial charge >= 0.3 is 6.18 Å². The molecule has 27 heavy (non-hydrogen) atoms. The fourth-order valence-electron chi connectivity index (χ4n) is 2.27. The van der Waals surface area contributed by atoms with Crippen LogP contribution < -0.4 is 19.5 Å². The van der Waals surface area contributed by atoms with Gasteiger partial charge in [0.2, 0.25) is 0 Å². The van der Waals surface area contributed by atoms with E-state index in [1.54, 1.807) is 6.07 Å². The Hall–Kier alpha value is -2.90. The predicted octanol–water partition coefficient (Wildman–Crippen LogP) is 4.76. The first-order valence-corrected chi connectivity index (χ1v) is 8.17. The van der Waals surface area contributed by atoms with Crippen LogP contribution in [0, 0.1) is 0 Å². The van der Waals surface area contributed by atoms with Crippen molar-refractivity contribution in [2.75, 3.05) is 26.1 Å². The quantitative estimate of drug-likeness (QED) is 0.749. The molecule has 0 fully saturated rings. The SMILES string of the molecule is CCCOc1ccc(C(F)(F)F)cc1NC(=O)c1cc(OC)cc(OC)c1. The van der Waals surface area contributed by atoms with Gasteiger partial charge in [-0.2, -0.15) is 13.2 Å². The zero-order valence-corrected chi connectivity index (χ0v) is 15.1. The van der Waals surface area contributed by atoms with E-state index in [1.807, 2.05) is 6.92 Å². The highest BCUT2D eigenvalue weighted by molar-refractivity contribution is 6.05. The summed E-state index contributed by atoms with van der Waals surface area (Å²) in [6, 6.07) is 7.45. The molecule has 0 aliphatic carbocycles. The smallest absolute Gasteiger partial charge is 0.416 e. The number of methoxy groups -OCH3 is 2. The minimum Gasteiger partial charge on any atom is -0.497 e. The Balaban J connectivity index is 2.37. The number of alkyl halides is 3. The third-order valence-electron chi connectivity index (χ3n) is 3.63. The largest absolute Gasteiger partial charge is 0.497 e. The topological polar surface area (TPSA) is 56.8 Å². The van der Waals surface area contributed by atoms with E-state index in [9.17, 15) is 18.0 Å². The Morgan fingerprint density at radius 3 is 2.19 bits per heavy atom. The second-order valence-corrected chi connectivity index (χ2v) is 5.61. The maximum Gasteiger partial charge on any atom is 0.416 e. The molecule has 5 nitrogen and oxygen atoms in total. The number of rotatable bonds is 7. The van der Waals surface area contributed by atoms with Crippen molar-refractivity contribution < 1.29 is 32.2 Å². The molecule has 0 unspecified atom stereocenters. The molecule has 0 saturated heterocycles. The normalized spacial score (nSPS) is 11.0. The zero-order valence-electron chi connectivity index (χ0n) is 15.1. The number of carbonyl (C=O) groups excluding carboxylic acids is 1. The van der Waals surface area contributed by atoms with E-state index in [0.29, 0.717) is 24.5 Å². The average molecular weight is 383 g/mol. The molecule has 0 heterocycles. The number of amides is 1. The van der Waals surface area contributed by atoms with Crippen LogP contribution in [0.3, 0.4) is 0 Å². The Morgan fingerprint density at radius 2 is 1.67 bits per heavy atom. The van der Waals surface area contributed by atoms with Crippen molar-refractivity contribution in [3.63, 3.8) is 0 Å². The lowest BCUT2D eigenvalue weighted by Crippen LogP contribution is -2.15. The average Bonchev–Trinajstić information content (AvgIpc) is 2.65. The zero-order chi connectivity index (χ0) is 20.0. The molecule has 0 atom stereocenters. The summed E-state index contributed by atoms with van der Waals surface area (Å²) in [6.07, 6.45) is -3.87. The third-order valence-corrected chi connectivity index (χ3v) is 3.63. The van der Waals surface area contributed by atoms with E-state index < -0.39 is 17.6 Å². The van der Waals surface area contributed by atoms with Gasteiger partial charge < -0.3 is 19.5 Å². The molecule has 8 heteroatoms. The number of nitrogens with one attached hydrogen (secondary N) is 1. The van der Waals surface area contributed by atoms with E-state index in [1.165, 1.54) is 32.4 Å². The first-order chi connectivity index (χ1) is 12.8.